The predicted molar refractivity (Wildman–Crippen MR) is 122 cm³/mol. The fourth-order valence-corrected chi connectivity index (χ4v) is 3.16. The molecule has 3 N–H and O–H groups in total. The molecular formula is C21H28FIN4O2. The average molecular weight is 514 g/mol. The largest absolute Gasteiger partial charge is 0.453 e. The van der Waals surface area contributed by atoms with E-state index >= 15 is 0 Å². The second-order valence-corrected chi connectivity index (χ2v) is 6.90. The van der Waals surface area contributed by atoms with Gasteiger partial charge >= 0.3 is 0 Å². The van der Waals surface area contributed by atoms with Crippen LogP contribution in [-0.2, 0) is 6.54 Å². The lowest BCUT2D eigenvalue weighted by Gasteiger charge is -2.27. The average Bonchev–Trinajstić information content (AvgIpc) is 2.71. The number of benzene rings is 1. The summed E-state index contributed by atoms with van der Waals surface area (Å²) in [6.45, 7) is 3.11. The maximum absolute atomic E-state index is 14.4. The lowest BCUT2D eigenvalue weighted by Crippen LogP contribution is -2.45. The summed E-state index contributed by atoms with van der Waals surface area (Å²) in [6, 6.07) is 8.61. The van der Waals surface area contributed by atoms with Crippen molar-refractivity contribution in [3.05, 3.63) is 54.1 Å². The van der Waals surface area contributed by atoms with Gasteiger partial charge in [0.25, 0.3) is 0 Å². The highest BCUT2D eigenvalue weighted by Gasteiger charge is 2.20. The van der Waals surface area contributed by atoms with Crippen LogP contribution in [0.2, 0.25) is 0 Å². The first-order chi connectivity index (χ1) is 13.6. The highest BCUT2D eigenvalue weighted by Crippen LogP contribution is 2.24. The van der Waals surface area contributed by atoms with Gasteiger partial charge in [-0.05, 0) is 62.4 Å². The minimum atomic E-state index is -0.434. The Morgan fingerprint density at radius 3 is 2.72 bits per heavy atom. The summed E-state index contributed by atoms with van der Waals surface area (Å²) in [5.41, 5.74) is 0.757. The number of halogens is 2. The van der Waals surface area contributed by atoms with Crippen molar-refractivity contribution >= 4 is 29.9 Å². The van der Waals surface area contributed by atoms with Crippen molar-refractivity contribution in [2.75, 3.05) is 6.54 Å². The first kappa shape index (κ1) is 23.3. The van der Waals surface area contributed by atoms with Gasteiger partial charge in [-0.2, -0.15) is 0 Å². The van der Waals surface area contributed by atoms with E-state index in [4.69, 9.17) is 4.74 Å². The number of hydrogen-bond donors (Lipinski definition) is 3. The molecule has 0 saturated heterocycles. The molecule has 1 aromatic carbocycles. The van der Waals surface area contributed by atoms with E-state index < -0.39 is 5.82 Å². The number of guanidine groups is 1. The molecule has 158 valence electrons. The maximum Gasteiger partial charge on any atom is 0.191 e. The fourth-order valence-electron chi connectivity index (χ4n) is 3.16. The van der Waals surface area contributed by atoms with Crippen LogP contribution in [-0.4, -0.2) is 34.7 Å². The number of hydrogen-bond acceptors (Lipinski definition) is 4. The van der Waals surface area contributed by atoms with E-state index in [1.54, 1.807) is 30.5 Å². The minimum Gasteiger partial charge on any atom is -0.453 e. The zero-order chi connectivity index (χ0) is 19.8. The van der Waals surface area contributed by atoms with Crippen LogP contribution in [0, 0.1) is 5.82 Å². The van der Waals surface area contributed by atoms with Gasteiger partial charge in [0, 0.05) is 18.8 Å². The number of ether oxygens (including phenoxy) is 1. The minimum absolute atomic E-state index is 0. The third-order valence-corrected chi connectivity index (χ3v) is 4.66. The third-order valence-electron chi connectivity index (χ3n) is 4.66. The molecule has 6 nitrogen and oxygen atoms in total. The van der Waals surface area contributed by atoms with Crippen LogP contribution in [0.4, 0.5) is 4.39 Å². The van der Waals surface area contributed by atoms with Crippen molar-refractivity contribution in [1.82, 2.24) is 15.6 Å². The van der Waals surface area contributed by atoms with Crippen LogP contribution in [0.25, 0.3) is 0 Å². The second-order valence-electron chi connectivity index (χ2n) is 6.90. The molecule has 0 unspecified atom stereocenters. The number of nitrogens with one attached hydrogen (secondary N) is 2. The van der Waals surface area contributed by atoms with E-state index in [2.05, 4.69) is 20.6 Å². The third kappa shape index (κ3) is 7.43. The van der Waals surface area contributed by atoms with Gasteiger partial charge in [-0.1, -0.05) is 6.07 Å². The molecule has 0 bridgehead atoms. The first-order valence-corrected chi connectivity index (χ1v) is 9.73. The van der Waals surface area contributed by atoms with E-state index in [0.717, 1.165) is 37.8 Å². The van der Waals surface area contributed by atoms with Gasteiger partial charge in [-0.3, -0.25) is 4.98 Å². The Labute approximate surface area is 188 Å². The van der Waals surface area contributed by atoms with Gasteiger partial charge in [-0.25, -0.2) is 9.38 Å². The van der Waals surface area contributed by atoms with E-state index in [1.165, 1.54) is 12.3 Å². The quantitative estimate of drug-likeness (QED) is 0.309. The summed E-state index contributed by atoms with van der Waals surface area (Å²) in [7, 11) is 0. The zero-order valence-electron chi connectivity index (χ0n) is 16.5. The topological polar surface area (TPSA) is 78.8 Å². The van der Waals surface area contributed by atoms with Crippen molar-refractivity contribution in [2.24, 2.45) is 4.99 Å². The van der Waals surface area contributed by atoms with E-state index in [0.29, 0.717) is 24.3 Å². The number of aliphatic hydroxyl groups excluding tert-OH is 1. The molecule has 29 heavy (non-hydrogen) atoms. The van der Waals surface area contributed by atoms with Gasteiger partial charge in [0.15, 0.2) is 17.5 Å². The molecule has 1 heterocycles. The summed E-state index contributed by atoms with van der Waals surface area (Å²) in [5.74, 6) is 0.922. The Morgan fingerprint density at radius 2 is 2.07 bits per heavy atom. The molecule has 8 heteroatoms. The van der Waals surface area contributed by atoms with Gasteiger partial charge in [0.2, 0.25) is 0 Å². The lowest BCUT2D eigenvalue weighted by atomic mass is 9.93. The Morgan fingerprint density at radius 1 is 1.28 bits per heavy atom. The molecule has 0 aliphatic heterocycles. The van der Waals surface area contributed by atoms with Gasteiger partial charge in [0.1, 0.15) is 5.75 Å². The normalized spacial score (nSPS) is 19.2. The maximum atomic E-state index is 14.4. The lowest BCUT2D eigenvalue weighted by molar-refractivity contribution is 0.120. The van der Waals surface area contributed by atoms with Crippen LogP contribution >= 0.6 is 24.0 Å². The van der Waals surface area contributed by atoms with Gasteiger partial charge < -0.3 is 20.5 Å². The molecule has 0 amide bonds. The molecule has 2 aromatic rings. The summed E-state index contributed by atoms with van der Waals surface area (Å²) in [4.78, 5) is 8.52. The number of rotatable bonds is 6. The second kappa shape index (κ2) is 11.9. The number of nitrogens with zero attached hydrogens (tertiary/aromatic N) is 2. The SMILES string of the molecule is CCNC(=NCc1ccc(Oc2cccnc2)c(F)c1)NC1CCC(O)CC1.I. The van der Waals surface area contributed by atoms with E-state index in [9.17, 15) is 9.50 Å². The zero-order valence-corrected chi connectivity index (χ0v) is 18.8. The summed E-state index contributed by atoms with van der Waals surface area (Å²) >= 11 is 0. The number of aliphatic hydroxyl groups is 1. The Kier molecular flexibility index (Phi) is 9.59. The molecular weight excluding hydrogens is 486 g/mol. The molecule has 1 saturated carbocycles. The smallest absolute Gasteiger partial charge is 0.191 e. The van der Waals surface area contributed by atoms with Crippen LogP contribution < -0.4 is 15.4 Å². The highest BCUT2D eigenvalue weighted by atomic mass is 127. The summed E-state index contributed by atoms with van der Waals surface area (Å²) in [5, 5.41) is 16.3. The van der Waals surface area contributed by atoms with Crippen LogP contribution in [0.15, 0.2) is 47.7 Å². The van der Waals surface area contributed by atoms with Gasteiger partial charge in [-0.15, -0.1) is 24.0 Å². The van der Waals surface area contributed by atoms with Crippen molar-refractivity contribution in [1.29, 1.82) is 0 Å². The number of aromatic nitrogens is 1. The Bertz CT molecular complexity index is 784. The molecule has 0 radical (unpaired) electrons. The standard InChI is InChI=1S/C21H27FN4O2.HI/c1-2-24-21(26-16-6-8-17(27)9-7-16)25-13-15-5-10-20(19(22)12-15)28-18-4-3-11-23-14-18;/h3-5,10-12,14,16-17,27H,2,6-9,13H2,1H3,(H2,24,25,26);1H. The Hall–Kier alpha value is -1.94. The number of aliphatic imine (C=N–C) groups is 1. The van der Waals surface area contributed by atoms with Gasteiger partial charge in [0.05, 0.1) is 18.8 Å². The molecule has 1 aliphatic carbocycles. The fraction of sp³-hybridized carbons (Fsp3) is 0.429. The predicted octanol–water partition coefficient (Wildman–Crippen LogP) is 3.99. The summed E-state index contributed by atoms with van der Waals surface area (Å²) in [6.07, 6.45) is 6.43. The summed E-state index contributed by atoms with van der Waals surface area (Å²) < 4.78 is 19.9. The van der Waals surface area contributed by atoms with Crippen LogP contribution in [0.5, 0.6) is 11.5 Å². The Balaban J connectivity index is 0.00000300. The molecule has 1 aromatic heterocycles. The van der Waals surface area contributed by atoms with Crippen molar-refractivity contribution in [2.45, 2.75) is 51.3 Å². The van der Waals surface area contributed by atoms with Crippen molar-refractivity contribution in [3.63, 3.8) is 0 Å². The first-order valence-electron chi connectivity index (χ1n) is 9.73. The van der Waals surface area contributed by atoms with Crippen LogP contribution in [0.3, 0.4) is 0 Å². The van der Waals surface area contributed by atoms with E-state index in [-0.39, 0.29) is 35.8 Å². The number of pyridine rings is 1. The molecule has 1 aliphatic rings. The van der Waals surface area contributed by atoms with Crippen LogP contribution in [0.1, 0.15) is 38.2 Å². The monoisotopic (exact) mass is 514 g/mol. The highest BCUT2D eigenvalue weighted by molar-refractivity contribution is 14.0. The molecule has 1 fully saturated rings. The molecule has 3 rings (SSSR count). The van der Waals surface area contributed by atoms with Crippen molar-refractivity contribution in [3.8, 4) is 11.5 Å². The molecule has 0 atom stereocenters. The molecule has 0 spiro atoms. The van der Waals surface area contributed by atoms with Crippen molar-refractivity contribution < 1.29 is 14.2 Å². The van der Waals surface area contributed by atoms with E-state index in [1.807, 2.05) is 6.92 Å².